The van der Waals surface area contributed by atoms with Crippen LogP contribution in [0.1, 0.15) is 27.4 Å². The maximum Gasteiger partial charge on any atom is 0.328 e. The lowest BCUT2D eigenvalue weighted by Gasteiger charge is -2.12. The molecule has 0 radical (unpaired) electrons. The smallest absolute Gasteiger partial charge is 0.328 e. The molecule has 0 saturated carbocycles. The monoisotopic (exact) mass is 303 g/mol. The first kappa shape index (κ1) is 15.3. The Morgan fingerprint density at radius 1 is 1.33 bits per heavy atom. The highest BCUT2D eigenvalue weighted by Crippen LogP contribution is 2.26. The predicted molar refractivity (Wildman–Crippen MR) is 83.8 cm³/mol. The van der Waals surface area contributed by atoms with Crippen LogP contribution in [0.5, 0.6) is 5.75 Å². The van der Waals surface area contributed by atoms with Gasteiger partial charge in [0.2, 0.25) is 0 Å². The molecule has 0 spiro atoms. The van der Waals surface area contributed by atoms with E-state index in [1.807, 2.05) is 38.3 Å². The van der Waals surface area contributed by atoms with Gasteiger partial charge in [0.15, 0.2) is 0 Å². The summed E-state index contributed by atoms with van der Waals surface area (Å²) in [4.78, 5) is 14.9. The van der Waals surface area contributed by atoms with Crippen molar-refractivity contribution in [1.29, 1.82) is 0 Å². The van der Waals surface area contributed by atoms with Crippen LogP contribution in [0.2, 0.25) is 0 Å². The fraction of sp³-hybridized carbons (Fsp3) is 0.250. The highest BCUT2D eigenvalue weighted by Gasteiger charge is 2.07. The summed E-state index contributed by atoms with van der Waals surface area (Å²) in [5.41, 5.74) is 3.81. The number of hydrogen-bond acceptors (Lipinski definition) is 4. The standard InChI is InChI=1S/C16H17NO3S/c1-10-6-13(4-5-15(18)19)7-11(2)16(10)20-8-14-17-12(3)9-21-14/h4-7,9H,8H2,1-3H3,(H,18,19)/b5-4+. The molecule has 0 aliphatic rings. The van der Waals surface area contributed by atoms with Gasteiger partial charge in [-0.1, -0.05) is 0 Å². The minimum atomic E-state index is -0.954. The number of nitrogens with zero attached hydrogens (tertiary/aromatic N) is 1. The first-order valence-electron chi connectivity index (χ1n) is 6.52. The average molecular weight is 303 g/mol. The summed E-state index contributed by atoms with van der Waals surface area (Å²) >= 11 is 1.58. The second kappa shape index (κ2) is 6.54. The van der Waals surface area contributed by atoms with Crippen molar-refractivity contribution in [1.82, 2.24) is 4.98 Å². The molecule has 0 amide bonds. The highest BCUT2D eigenvalue weighted by molar-refractivity contribution is 7.09. The van der Waals surface area contributed by atoms with Gasteiger partial charge >= 0.3 is 5.97 Å². The van der Waals surface area contributed by atoms with Crippen LogP contribution >= 0.6 is 11.3 Å². The van der Waals surface area contributed by atoms with E-state index in [0.717, 1.165) is 39.2 Å². The fourth-order valence-electron chi connectivity index (χ4n) is 2.08. The third kappa shape index (κ3) is 4.16. The maximum atomic E-state index is 10.6. The number of aliphatic carboxylic acids is 1. The topological polar surface area (TPSA) is 59.4 Å². The van der Waals surface area contributed by atoms with E-state index in [1.54, 1.807) is 17.4 Å². The quantitative estimate of drug-likeness (QED) is 0.855. The number of carboxylic acids is 1. The van der Waals surface area contributed by atoms with Crippen LogP contribution in [-0.2, 0) is 11.4 Å². The number of carboxylic acid groups (broad SMARTS) is 1. The number of ether oxygens (including phenoxy) is 1. The van der Waals surface area contributed by atoms with Crippen LogP contribution in [-0.4, -0.2) is 16.1 Å². The summed E-state index contributed by atoms with van der Waals surface area (Å²) in [5, 5.41) is 11.6. The van der Waals surface area contributed by atoms with Gasteiger partial charge in [0.25, 0.3) is 0 Å². The molecular formula is C16H17NO3S. The lowest BCUT2D eigenvalue weighted by molar-refractivity contribution is -0.131. The Hall–Kier alpha value is -2.14. The summed E-state index contributed by atoms with van der Waals surface area (Å²) < 4.78 is 5.86. The maximum absolute atomic E-state index is 10.6. The third-order valence-electron chi connectivity index (χ3n) is 2.91. The molecule has 5 heteroatoms. The van der Waals surface area contributed by atoms with E-state index >= 15 is 0 Å². The second-order valence-electron chi connectivity index (χ2n) is 4.83. The summed E-state index contributed by atoms with van der Waals surface area (Å²) in [6.45, 7) is 6.31. The molecule has 0 aliphatic carbocycles. The Labute approximate surface area is 127 Å². The van der Waals surface area contributed by atoms with E-state index in [2.05, 4.69) is 4.98 Å². The molecule has 2 aromatic rings. The van der Waals surface area contributed by atoms with Crippen molar-refractivity contribution >= 4 is 23.4 Å². The molecule has 21 heavy (non-hydrogen) atoms. The third-order valence-corrected chi connectivity index (χ3v) is 3.85. The summed E-state index contributed by atoms with van der Waals surface area (Å²) in [6.07, 6.45) is 2.71. The van der Waals surface area contributed by atoms with E-state index < -0.39 is 5.97 Å². The zero-order valence-corrected chi connectivity index (χ0v) is 13.0. The van der Waals surface area contributed by atoms with E-state index in [1.165, 1.54) is 0 Å². The molecule has 0 unspecified atom stereocenters. The zero-order chi connectivity index (χ0) is 15.4. The molecule has 1 N–H and O–H groups in total. The van der Waals surface area contributed by atoms with Crippen LogP contribution in [0.25, 0.3) is 6.08 Å². The molecule has 0 atom stereocenters. The Balaban J connectivity index is 2.15. The van der Waals surface area contributed by atoms with Crippen molar-refractivity contribution in [3.8, 4) is 5.75 Å². The lowest BCUT2D eigenvalue weighted by atomic mass is 10.1. The minimum Gasteiger partial charge on any atom is -0.486 e. The molecule has 0 fully saturated rings. The van der Waals surface area contributed by atoms with Crippen molar-refractivity contribution in [2.45, 2.75) is 27.4 Å². The van der Waals surface area contributed by atoms with Gasteiger partial charge in [0.1, 0.15) is 17.4 Å². The van der Waals surface area contributed by atoms with Crippen LogP contribution in [0, 0.1) is 20.8 Å². The molecule has 1 heterocycles. The van der Waals surface area contributed by atoms with Gasteiger partial charge in [-0.25, -0.2) is 9.78 Å². The van der Waals surface area contributed by atoms with Gasteiger partial charge in [-0.3, -0.25) is 0 Å². The van der Waals surface area contributed by atoms with Crippen molar-refractivity contribution < 1.29 is 14.6 Å². The Morgan fingerprint density at radius 3 is 2.52 bits per heavy atom. The first-order chi connectivity index (χ1) is 9.95. The largest absolute Gasteiger partial charge is 0.486 e. The normalized spacial score (nSPS) is 11.0. The molecular weight excluding hydrogens is 286 g/mol. The molecule has 110 valence electrons. The van der Waals surface area contributed by atoms with Crippen LogP contribution in [0.4, 0.5) is 0 Å². The van der Waals surface area contributed by atoms with Crippen molar-refractivity contribution in [3.05, 3.63) is 51.0 Å². The van der Waals surface area contributed by atoms with Crippen molar-refractivity contribution in [3.63, 3.8) is 0 Å². The number of aryl methyl sites for hydroxylation is 3. The van der Waals surface area contributed by atoms with E-state index in [-0.39, 0.29) is 0 Å². The van der Waals surface area contributed by atoms with E-state index in [0.29, 0.717) is 6.61 Å². The molecule has 0 bridgehead atoms. The highest BCUT2D eigenvalue weighted by atomic mass is 32.1. The van der Waals surface area contributed by atoms with Crippen LogP contribution < -0.4 is 4.74 Å². The lowest BCUT2D eigenvalue weighted by Crippen LogP contribution is -1.99. The van der Waals surface area contributed by atoms with Gasteiger partial charge in [-0.2, -0.15) is 0 Å². The number of rotatable bonds is 5. The number of thiazole rings is 1. The van der Waals surface area contributed by atoms with Crippen LogP contribution in [0.15, 0.2) is 23.6 Å². The summed E-state index contributed by atoms with van der Waals surface area (Å²) in [5.74, 6) is -0.125. The summed E-state index contributed by atoms with van der Waals surface area (Å²) in [6, 6.07) is 3.82. The minimum absolute atomic E-state index is 0.449. The molecule has 1 aromatic carbocycles. The molecule has 1 aromatic heterocycles. The van der Waals surface area contributed by atoms with Gasteiger partial charge in [-0.15, -0.1) is 11.3 Å². The van der Waals surface area contributed by atoms with Crippen molar-refractivity contribution in [2.24, 2.45) is 0 Å². The second-order valence-corrected chi connectivity index (χ2v) is 5.77. The molecule has 2 rings (SSSR count). The Bertz CT molecular complexity index is 666. The number of benzene rings is 1. The summed E-state index contributed by atoms with van der Waals surface area (Å²) in [7, 11) is 0. The van der Waals surface area contributed by atoms with Gasteiger partial charge in [-0.05, 0) is 55.7 Å². The number of hydrogen-bond donors (Lipinski definition) is 1. The van der Waals surface area contributed by atoms with Gasteiger partial charge in [0, 0.05) is 17.2 Å². The van der Waals surface area contributed by atoms with E-state index in [4.69, 9.17) is 9.84 Å². The molecule has 0 saturated heterocycles. The number of aromatic nitrogens is 1. The SMILES string of the molecule is Cc1csc(COc2c(C)cc(/C=C/C(=O)O)cc2C)n1. The zero-order valence-electron chi connectivity index (χ0n) is 12.2. The van der Waals surface area contributed by atoms with Crippen LogP contribution in [0.3, 0.4) is 0 Å². The van der Waals surface area contributed by atoms with Gasteiger partial charge in [0.05, 0.1) is 0 Å². The first-order valence-corrected chi connectivity index (χ1v) is 7.39. The van der Waals surface area contributed by atoms with Crippen molar-refractivity contribution in [2.75, 3.05) is 0 Å². The van der Waals surface area contributed by atoms with E-state index in [9.17, 15) is 4.79 Å². The predicted octanol–water partition coefficient (Wildman–Crippen LogP) is 3.75. The molecule has 0 aliphatic heterocycles. The van der Waals surface area contributed by atoms with Gasteiger partial charge < -0.3 is 9.84 Å². The Morgan fingerprint density at radius 2 is 2.00 bits per heavy atom. The Kier molecular flexibility index (Phi) is 4.75. The number of carbonyl (C=O) groups is 1. The average Bonchev–Trinajstić information content (AvgIpc) is 2.81. The fourth-order valence-corrected chi connectivity index (χ4v) is 2.76. The molecule has 4 nitrogen and oxygen atoms in total.